The summed E-state index contributed by atoms with van der Waals surface area (Å²) in [5.41, 5.74) is 2.90. The highest BCUT2D eigenvalue weighted by Crippen LogP contribution is 2.20. The van der Waals surface area contributed by atoms with Crippen LogP contribution in [0.1, 0.15) is 60.0 Å². The number of aliphatic carboxylic acids is 1. The highest BCUT2D eigenvalue weighted by atomic mass is 16.5. The second-order valence-electron chi connectivity index (χ2n) is 7.03. The summed E-state index contributed by atoms with van der Waals surface area (Å²) in [5.74, 6) is -1.60. The molecule has 0 aromatic heterocycles. The molecule has 4 N–H and O–H groups in total. The van der Waals surface area contributed by atoms with E-state index in [1.165, 1.54) is 5.56 Å². The molecule has 2 aliphatic heterocycles. The molecule has 0 radical (unpaired) electrons. The molecule has 0 saturated carbocycles. The maximum Gasteiger partial charge on any atom is 0.478 e. The molecule has 2 aliphatic rings. The Kier molecular flexibility index (Phi) is 6.29. The first-order chi connectivity index (χ1) is 12.5. The monoisotopic (exact) mass is 360 g/mol. The number of carbonyl (C=O) groups is 2. The van der Waals surface area contributed by atoms with Crippen LogP contribution in [-0.2, 0) is 22.5 Å². The third-order valence-corrected chi connectivity index (χ3v) is 5.06. The molecule has 1 aromatic carbocycles. The van der Waals surface area contributed by atoms with Gasteiger partial charge in [0, 0.05) is 31.2 Å². The van der Waals surface area contributed by atoms with Crippen LogP contribution in [0, 0.1) is 0 Å². The van der Waals surface area contributed by atoms with Gasteiger partial charge in [-0.2, -0.15) is 0 Å². The Bertz CT molecular complexity index is 669. The van der Waals surface area contributed by atoms with E-state index in [4.69, 9.17) is 9.76 Å². The molecule has 1 fully saturated rings. The lowest BCUT2D eigenvalue weighted by Gasteiger charge is -2.28. The van der Waals surface area contributed by atoms with Gasteiger partial charge in [-0.15, -0.1) is 0 Å². The van der Waals surface area contributed by atoms with Gasteiger partial charge >= 0.3 is 13.1 Å². The molecule has 2 atom stereocenters. The first-order valence-corrected chi connectivity index (χ1v) is 9.21. The molecule has 26 heavy (non-hydrogen) atoms. The van der Waals surface area contributed by atoms with Crippen LogP contribution in [0.15, 0.2) is 18.2 Å². The predicted molar refractivity (Wildman–Crippen MR) is 96.4 cm³/mol. The number of carbonyl (C=O) groups excluding carboxylic acids is 1. The van der Waals surface area contributed by atoms with E-state index >= 15 is 0 Å². The molecular weight excluding hydrogens is 335 g/mol. The van der Waals surface area contributed by atoms with Crippen molar-refractivity contribution in [2.75, 3.05) is 0 Å². The van der Waals surface area contributed by atoms with Crippen LogP contribution in [0.4, 0.5) is 0 Å². The summed E-state index contributed by atoms with van der Waals surface area (Å²) in [6, 6.07) is 5.64. The lowest BCUT2D eigenvalue weighted by Crippen LogP contribution is -2.50. The van der Waals surface area contributed by atoms with Gasteiger partial charge in [0.25, 0.3) is 5.91 Å². The number of fused-ring (bicyclic) bond motifs is 1. The molecule has 0 aliphatic carbocycles. The fraction of sp³-hybridized carbons (Fsp3) is 0.556. The third kappa shape index (κ3) is 4.84. The molecule has 7 nitrogen and oxygen atoms in total. The van der Waals surface area contributed by atoms with E-state index in [1.807, 2.05) is 12.1 Å². The van der Waals surface area contributed by atoms with Gasteiger partial charge in [-0.05, 0) is 42.5 Å². The van der Waals surface area contributed by atoms with Crippen molar-refractivity contribution in [3.05, 3.63) is 34.9 Å². The van der Waals surface area contributed by atoms with Gasteiger partial charge in [-0.25, -0.2) is 0 Å². The second kappa shape index (κ2) is 8.66. The maximum absolute atomic E-state index is 12.6. The summed E-state index contributed by atoms with van der Waals surface area (Å²) in [6.07, 6.45) is 3.17. The molecule has 3 rings (SSSR count). The predicted octanol–water partition coefficient (Wildman–Crippen LogP) is 1.23. The zero-order valence-corrected chi connectivity index (χ0v) is 14.7. The molecule has 2 heterocycles. The topological polar surface area (TPSA) is 108 Å². The molecule has 0 spiro atoms. The smallest absolute Gasteiger partial charge is 0.478 e. The summed E-state index contributed by atoms with van der Waals surface area (Å²) in [5, 5.41) is 25.3. The van der Waals surface area contributed by atoms with E-state index in [1.54, 1.807) is 6.07 Å². The van der Waals surface area contributed by atoms with Crippen molar-refractivity contribution in [3.63, 3.8) is 0 Å². The quantitative estimate of drug-likeness (QED) is 0.589. The van der Waals surface area contributed by atoms with Crippen LogP contribution in [-0.4, -0.2) is 41.2 Å². The average Bonchev–Trinajstić information content (AvgIpc) is 3.07. The van der Waals surface area contributed by atoms with Crippen LogP contribution in [0.5, 0.6) is 0 Å². The van der Waals surface area contributed by atoms with E-state index in [0.29, 0.717) is 18.4 Å². The van der Waals surface area contributed by atoms with E-state index in [0.717, 1.165) is 37.9 Å². The number of amides is 1. The van der Waals surface area contributed by atoms with E-state index in [-0.39, 0.29) is 18.4 Å². The molecule has 1 aromatic rings. The summed E-state index contributed by atoms with van der Waals surface area (Å²) in [4.78, 5) is 23.3. The summed E-state index contributed by atoms with van der Waals surface area (Å²) in [7, 11) is -1.13. The molecule has 1 amide bonds. The summed E-state index contributed by atoms with van der Waals surface area (Å²) in [6.45, 7) is 1.58. The lowest BCUT2D eigenvalue weighted by molar-refractivity contribution is -0.137. The van der Waals surface area contributed by atoms with Gasteiger partial charge in [-0.1, -0.05) is 18.9 Å². The Morgan fingerprint density at radius 2 is 2.00 bits per heavy atom. The van der Waals surface area contributed by atoms with Crippen molar-refractivity contribution in [3.8, 4) is 0 Å². The molecule has 0 unspecified atom stereocenters. The minimum absolute atomic E-state index is 0.0115. The van der Waals surface area contributed by atoms with Crippen LogP contribution in [0.25, 0.3) is 0 Å². The number of benzene rings is 1. The number of carboxylic acids is 1. The number of hydrogen-bond acceptors (Lipinski definition) is 5. The van der Waals surface area contributed by atoms with Crippen molar-refractivity contribution >= 4 is 19.0 Å². The fourth-order valence-corrected chi connectivity index (χ4v) is 3.57. The van der Waals surface area contributed by atoms with Crippen molar-refractivity contribution in [1.29, 1.82) is 0 Å². The van der Waals surface area contributed by atoms with Gasteiger partial charge in [0.2, 0.25) is 0 Å². The average molecular weight is 360 g/mol. The van der Waals surface area contributed by atoms with Gasteiger partial charge in [0.15, 0.2) is 0 Å². The largest absolute Gasteiger partial charge is 0.481 e. The van der Waals surface area contributed by atoms with Crippen LogP contribution >= 0.6 is 0 Å². The molecule has 0 bridgehead atoms. The summed E-state index contributed by atoms with van der Waals surface area (Å²) < 4.78 is 5.63. The van der Waals surface area contributed by atoms with Crippen LogP contribution in [0.2, 0.25) is 0 Å². The number of nitrogens with one attached hydrogen (secondary N) is 2. The van der Waals surface area contributed by atoms with E-state index < -0.39 is 19.0 Å². The molecular formula is C18H25BN2O5. The lowest BCUT2D eigenvalue weighted by atomic mass is 9.74. The molecule has 140 valence electrons. The Labute approximate surface area is 153 Å². The van der Waals surface area contributed by atoms with E-state index in [2.05, 4.69) is 10.6 Å². The first kappa shape index (κ1) is 18.9. The van der Waals surface area contributed by atoms with Gasteiger partial charge < -0.3 is 25.4 Å². The Morgan fingerprint density at radius 3 is 2.81 bits per heavy atom. The zero-order chi connectivity index (χ0) is 18.5. The van der Waals surface area contributed by atoms with Gasteiger partial charge in [-0.3, -0.25) is 9.59 Å². The normalized spacial score (nSPS) is 23.0. The highest BCUT2D eigenvalue weighted by molar-refractivity contribution is 6.45. The van der Waals surface area contributed by atoms with Crippen molar-refractivity contribution in [2.24, 2.45) is 0 Å². The SMILES string of the molecule is O=C(O)CC[C@@H]1CCCC[C@H](NC(=O)c2ccc3c(c2)CNC3)B(O)O1. The molecule has 8 heteroatoms. The maximum atomic E-state index is 12.6. The first-order valence-electron chi connectivity index (χ1n) is 9.21. The zero-order valence-electron chi connectivity index (χ0n) is 14.7. The Hall–Kier alpha value is -1.90. The van der Waals surface area contributed by atoms with E-state index in [9.17, 15) is 14.6 Å². The fourth-order valence-electron chi connectivity index (χ4n) is 3.57. The van der Waals surface area contributed by atoms with Gasteiger partial charge in [0.1, 0.15) is 0 Å². The number of hydrogen-bond donors (Lipinski definition) is 4. The molecule has 1 saturated heterocycles. The highest BCUT2D eigenvalue weighted by Gasteiger charge is 2.33. The Balaban J connectivity index is 1.60. The van der Waals surface area contributed by atoms with Crippen LogP contribution < -0.4 is 10.6 Å². The number of carboxylic acid groups (broad SMARTS) is 1. The minimum atomic E-state index is -1.13. The minimum Gasteiger partial charge on any atom is -0.481 e. The summed E-state index contributed by atoms with van der Waals surface area (Å²) >= 11 is 0. The standard InChI is InChI=1S/C18H25BN2O5/c22-17(23)8-7-15-3-1-2-4-16(19(25)26-15)21-18(24)12-5-6-13-10-20-11-14(13)9-12/h5-6,9,15-16,20,25H,1-4,7-8,10-11H2,(H,21,24)(H,22,23)/t15-,16-/m0/s1. The second-order valence-corrected chi connectivity index (χ2v) is 7.03. The van der Waals surface area contributed by atoms with Crippen molar-refractivity contribution in [2.45, 2.75) is 63.7 Å². The van der Waals surface area contributed by atoms with Gasteiger partial charge in [0.05, 0.1) is 5.94 Å². The Morgan fingerprint density at radius 1 is 1.23 bits per heavy atom. The van der Waals surface area contributed by atoms with Crippen molar-refractivity contribution in [1.82, 2.24) is 10.6 Å². The third-order valence-electron chi connectivity index (χ3n) is 5.06. The number of rotatable bonds is 5. The van der Waals surface area contributed by atoms with Crippen molar-refractivity contribution < 1.29 is 24.4 Å². The van der Waals surface area contributed by atoms with Crippen LogP contribution in [0.3, 0.4) is 0 Å².